The number of amides is 1. The normalized spacial score (nSPS) is 21.7. The molecule has 8 heteroatoms. The van der Waals surface area contributed by atoms with Crippen molar-refractivity contribution in [2.24, 2.45) is 5.41 Å². The molecule has 0 aliphatic carbocycles. The molecule has 0 saturated carbocycles. The highest BCUT2D eigenvalue weighted by atomic mass is 16.4. The zero-order valence-corrected chi connectivity index (χ0v) is 13.6. The topological polar surface area (TPSA) is 101 Å². The zero-order valence-electron chi connectivity index (χ0n) is 13.6. The van der Waals surface area contributed by atoms with Gasteiger partial charge in [-0.1, -0.05) is 30.3 Å². The predicted octanol–water partition coefficient (Wildman–Crippen LogP) is 1.22. The van der Waals surface area contributed by atoms with Gasteiger partial charge in [-0.25, -0.2) is 0 Å². The number of carboxylic acids is 1. The highest BCUT2D eigenvalue weighted by Crippen LogP contribution is 2.31. The van der Waals surface area contributed by atoms with Crippen molar-refractivity contribution in [3.05, 3.63) is 30.3 Å². The lowest BCUT2D eigenvalue weighted by Gasteiger charge is -2.22. The molecule has 1 fully saturated rings. The van der Waals surface area contributed by atoms with E-state index in [9.17, 15) is 14.7 Å². The third kappa shape index (κ3) is 2.86. The van der Waals surface area contributed by atoms with Crippen LogP contribution in [-0.2, 0) is 9.59 Å². The second-order valence-corrected chi connectivity index (χ2v) is 6.35. The average molecular weight is 329 g/mol. The van der Waals surface area contributed by atoms with Crippen LogP contribution in [0, 0.1) is 5.41 Å². The molecule has 3 rings (SSSR count). The molecular weight excluding hydrogens is 310 g/mol. The van der Waals surface area contributed by atoms with Gasteiger partial charge in [-0.3, -0.25) is 9.59 Å². The van der Waals surface area contributed by atoms with Gasteiger partial charge in [0.2, 0.25) is 11.7 Å². The van der Waals surface area contributed by atoms with E-state index in [4.69, 9.17) is 0 Å². The first-order valence-electron chi connectivity index (χ1n) is 7.78. The van der Waals surface area contributed by atoms with Gasteiger partial charge in [0.05, 0.1) is 5.41 Å². The number of benzene rings is 1. The molecule has 8 nitrogen and oxygen atoms in total. The summed E-state index contributed by atoms with van der Waals surface area (Å²) in [7, 11) is 0. The van der Waals surface area contributed by atoms with Crippen molar-refractivity contribution in [2.45, 2.75) is 26.3 Å². The van der Waals surface area contributed by atoms with Crippen LogP contribution in [0.5, 0.6) is 0 Å². The van der Waals surface area contributed by atoms with Crippen molar-refractivity contribution in [1.82, 2.24) is 25.1 Å². The van der Waals surface area contributed by atoms with Gasteiger partial charge in [0.1, 0.15) is 6.04 Å². The molecule has 0 spiro atoms. The van der Waals surface area contributed by atoms with Crippen LogP contribution in [0.15, 0.2) is 30.3 Å². The first-order chi connectivity index (χ1) is 11.4. The van der Waals surface area contributed by atoms with Crippen molar-refractivity contribution in [2.75, 3.05) is 13.1 Å². The molecule has 1 aliphatic rings. The summed E-state index contributed by atoms with van der Waals surface area (Å²) in [4.78, 5) is 26.8. The maximum atomic E-state index is 12.6. The van der Waals surface area contributed by atoms with E-state index in [0.29, 0.717) is 18.8 Å². The van der Waals surface area contributed by atoms with Crippen LogP contribution in [0.4, 0.5) is 0 Å². The highest BCUT2D eigenvalue weighted by molar-refractivity contribution is 5.82. The van der Waals surface area contributed by atoms with E-state index in [2.05, 4.69) is 15.4 Å². The quantitative estimate of drug-likeness (QED) is 0.905. The first kappa shape index (κ1) is 16.1. The lowest BCUT2D eigenvalue weighted by atomic mass is 9.90. The smallest absolute Gasteiger partial charge is 0.311 e. The molecule has 2 atom stereocenters. The molecule has 1 amide bonds. The average Bonchev–Trinajstić information content (AvgIpc) is 3.22. The standard InChI is InChI=1S/C16H19N5O3/c1-11(14(22)20-9-8-16(2,10-20)15(23)24)21-18-13(17-19-21)12-6-4-3-5-7-12/h3-7,11H,8-10H2,1-2H3,(H,23,24)/t11-,16-/m1/s1. The number of aliphatic carboxylic acids is 1. The van der Waals surface area contributed by atoms with E-state index in [1.165, 1.54) is 4.80 Å². The number of nitrogens with zero attached hydrogens (tertiary/aromatic N) is 5. The van der Waals surface area contributed by atoms with Crippen LogP contribution in [0.1, 0.15) is 26.3 Å². The number of carbonyl (C=O) groups excluding carboxylic acids is 1. The van der Waals surface area contributed by atoms with Gasteiger partial charge in [0.15, 0.2) is 0 Å². The molecule has 126 valence electrons. The maximum Gasteiger partial charge on any atom is 0.311 e. The Morgan fingerprint density at radius 3 is 2.62 bits per heavy atom. The Morgan fingerprint density at radius 1 is 1.29 bits per heavy atom. The fourth-order valence-corrected chi connectivity index (χ4v) is 2.78. The molecule has 24 heavy (non-hydrogen) atoms. The molecule has 1 aromatic carbocycles. The summed E-state index contributed by atoms with van der Waals surface area (Å²) < 4.78 is 0. The Morgan fingerprint density at radius 2 is 2.00 bits per heavy atom. The minimum atomic E-state index is -0.889. The molecule has 0 bridgehead atoms. The number of aromatic nitrogens is 4. The fraction of sp³-hybridized carbons (Fsp3) is 0.438. The minimum Gasteiger partial charge on any atom is -0.481 e. The first-order valence-corrected chi connectivity index (χ1v) is 7.78. The Kier molecular flexibility index (Phi) is 4.04. The van der Waals surface area contributed by atoms with E-state index >= 15 is 0 Å². The van der Waals surface area contributed by atoms with Gasteiger partial charge < -0.3 is 10.0 Å². The van der Waals surface area contributed by atoms with E-state index < -0.39 is 17.4 Å². The number of rotatable bonds is 4. The number of tetrazole rings is 1. The molecule has 2 aromatic rings. The van der Waals surface area contributed by atoms with Crippen molar-refractivity contribution >= 4 is 11.9 Å². The lowest BCUT2D eigenvalue weighted by molar-refractivity contribution is -0.147. The number of hydrogen-bond acceptors (Lipinski definition) is 5. The Balaban J connectivity index is 1.73. The van der Waals surface area contributed by atoms with Gasteiger partial charge >= 0.3 is 5.97 Å². The summed E-state index contributed by atoms with van der Waals surface area (Å²) in [5.74, 6) is -0.625. The molecule has 0 unspecified atom stereocenters. The van der Waals surface area contributed by atoms with Crippen molar-refractivity contribution in [3.8, 4) is 11.4 Å². The Labute approximate surface area is 139 Å². The molecule has 1 aromatic heterocycles. The van der Waals surface area contributed by atoms with Gasteiger partial charge in [0.25, 0.3) is 0 Å². The van der Waals surface area contributed by atoms with E-state index in [0.717, 1.165) is 5.56 Å². The number of carboxylic acid groups (broad SMARTS) is 1. The summed E-state index contributed by atoms with van der Waals surface area (Å²) in [6, 6.07) is 8.75. The van der Waals surface area contributed by atoms with Crippen LogP contribution in [-0.4, -0.2) is 55.2 Å². The third-order valence-electron chi connectivity index (χ3n) is 4.47. The molecule has 1 saturated heterocycles. The highest BCUT2D eigenvalue weighted by Gasteiger charge is 2.43. The van der Waals surface area contributed by atoms with Crippen LogP contribution in [0.2, 0.25) is 0 Å². The fourth-order valence-electron chi connectivity index (χ4n) is 2.78. The van der Waals surface area contributed by atoms with Crippen LogP contribution < -0.4 is 0 Å². The second-order valence-electron chi connectivity index (χ2n) is 6.35. The molecule has 0 radical (unpaired) electrons. The van der Waals surface area contributed by atoms with Crippen LogP contribution >= 0.6 is 0 Å². The van der Waals surface area contributed by atoms with E-state index in [1.807, 2.05) is 30.3 Å². The third-order valence-corrected chi connectivity index (χ3v) is 4.47. The number of hydrogen-bond donors (Lipinski definition) is 1. The van der Waals surface area contributed by atoms with Crippen LogP contribution in [0.3, 0.4) is 0 Å². The van der Waals surface area contributed by atoms with E-state index in [1.54, 1.807) is 18.7 Å². The van der Waals surface area contributed by atoms with Gasteiger partial charge in [-0.15, -0.1) is 10.2 Å². The number of carbonyl (C=O) groups is 2. The van der Waals surface area contributed by atoms with Gasteiger partial charge in [0, 0.05) is 18.7 Å². The zero-order chi connectivity index (χ0) is 17.3. The SMILES string of the molecule is C[C@H](C(=O)N1CC[C@@](C)(C(=O)O)C1)n1nnc(-c2ccccc2)n1. The monoisotopic (exact) mass is 329 g/mol. The molecule has 1 N–H and O–H groups in total. The molecule has 2 heterocycles. The maximum absolute atomic E-state index is 12.6. The van der Waals surface area contributed by atoms with E-state index in [-0.39, 0.29) is 12.5 Å². The van der Waals surface area contributed by atoms with Crippen molar-refractivity contribution in [1.29, 1.82) is 0 Å². The van der Waals surface area contributed by atoms with Crippen molar-refractivity contribution in [3.63, 3.8) is 0 Å². The van der Waals surface area contributed by atoms with Crippen molar-refractivity contribution < 1.29 is 14.7 Å². The summed E-state index contributed by atoms with van der Waals surface area (Å²) in [6.45, 7) is 3.97. The predicted molar refractivity (Wildman–Crippen MR) is 84.9 cm³/mol. The summed E-state index contributed by atoms with van der Waals surface area (Å²) in [6.07, 6.45) is 0.445. The van der Waals surface area contributed by atoms with Gasteiger partial charge in [-0.05, 0) is 25.5 Å². The van der Waals surface area contributed by atoms with Crippen LogP contribution in [0.25, 0.3) is 11.4 Å². The minimum absolute atomic E-state index is 0.197. The number of likely N-dealkylation sites (tertiary alicyclic amines) is 1. The summed E-state index contributed by atoms with van der Waals surface area (Å²) >= 11 is 0. The molecular formula is C16H19N5O3. The molecule has 1 aliphatic heterocycles. The lowest BCUT2D eigenvalue weighted by Crippen LogP contribution is -2.38. The Hall–Kier alpha value is -2.77. The second kappa shape index (κ2) is 6.03. The largest absolute Gasteiger partial charge is 0.481 e. The van der Waals surface area contributed by atoms with Gasteiger partial charge in [-0.2, -0.15) is 4.80 Å². The summed E-state index contributed by atoms with van der Waals surface area (Å²) in [5, 5.41) is 21.5. The Bertz CT molecular complexity index is 760. The summed E-state index contributed by atoms with van der Waals surface area (Å²) in [5.41, 5.74) is -0.0663.